The first-order valence-corrected chi connectivity index (χ1v) is 7.75. The molecule has 4 nitrogen and oxygen atoms in total. The molecule has 0 radical (unpaired) electrons. The van der Waals surface area contributed by atoms with Crippen LogP contribution in [0.4, 0.5) is 13.6 Å². The second-order valence-corrected chi connectivity index (χ2v) is 6.94. The largest absolute Gasteiger partial charge is 0.444 e. The number of hydrogen-bond acceptors (Lipinski definition) is 3. The molecule has 0 bridgehead atoms. The van der Waals surface area contributed by atoms with Crippen molar-refractivity contribution in [3.05, 3.63) is 35.4 Å². The van der Waals surface area contributed by atoms with E-state index in [9.17, 15) is 18.7 Å². The van der Waals surface area contributed by atoms with Gasteiger partial charge in [-0.25, -0.2) is 13.6 Å². The van der Waals surface area contributed by atoms with E-state index in [2.05, 4.69) is 0 Å². The van der Waals surface area contributed by atoms with Gasteiger partial charge in [0.1, 0.15) is 5.60 Å². The summed E-state index contributed by atoms with van der Waals surface area (Å²) in [6, 6.07) is 3.81. The van der Waals surface area contributed by atoms with Crippen molar-refractivity contribution in [1.82, 2.24) is 4.90 Å². The molecule has 1 saturated heterocycles. The number of rotatable bonds is 2. The fraction of sp³-hybridized carbons (Fsp3) is 0.588. The number of piperidine rings is 1. The van der Waals surface area contributed by atoms with Crippen LogP contribution in [-0.4, -0.2) is 41.4 Å². The molecule has 23 heavy (non-hydrogen) atoms. The molecule has 6 heteroatoms. The Hall–Kier alpha value is -1.69. The van der Waals surface area contributed by atoms with Crippen molar-refractivity contribution in [1.29, 1.82) is 0 Å². The zero-order chi connectivity index (χ0) is 17.2. The number of ether oxygens (including phenoxy) is 1. The molecule has 0 aromatic heterocycles. The number of carbonyl (C=O) groups excluding carboxylic acids is 1. The molecule has 1 heterocycles. The van der Waals surface area contributed by atoms with Gasteiger partial charge in [0.15, 0.2) is 11.6 Å². The van der Waals surface area contributed by atoms with Crippen LogP contribution in [0.15, 0.2) is 18.2 Å². The number of amides is 1. The Kier molecular flexibility index (Phi) is 5.24. The number of hydrogen-bond donors (Lipinski definition) is 1. The van der Waals surface area contributed by atoms with Crippen molar-refractivity contribution in [2.24, 2.45) is 5.92 Å². The van der Waals surface area contributed by atoms with E-state index in [-0.39, 0.29) is 18.4 Å². The molecule has 2 atom stereocenters. The lowest BCUT2D eigenvalue weighted by molar-refractivity contribution is 0.0101. The molecule has 0 saturated carbocycles. The number of nitrogens with zero attached hydrogens (tertiary/aromatic N) is 1. The first-order valence-electron chi connectivity index (χ1n) is 7.75. The SMILES string of the molecule is CC(C)(C)OC(=O)N1CCC(c2ccc(F)c(F)c2)C(CO)C1. The second-order valence-electron chi connectivity index (χ2n) is 6.94. The van der Waals surface area contributed by atoms with Gasteiger partial charge in [-0.15, -0.1) is 0 Å². The highest BCUT2D eigenvalue weighted by Gasteiger charge is 2.34. The Balaban J connectivity index is 2.09. The van der Waals surface area contributed by atoms with E-state index in [4.69, 9.17) is 4.74 Å². The summed E-state index contributed by atoms with van der Waals surface area (Å²) in [7, 11) is 0. The van der Waals surface area contributed by atoms with Crippen LogP contribution in [0.3, 0.4) is 0 Å². The van der Waals surface area contributed by atoms with Gasteiger partial charge in [0.05, 0.1) is 0 Å². The molecule has 1 aliphatic heterocycles. The summed E-state index contributed by atoms with van der Waals surface area (Å²) in [4.78, 5) is 13.7. The van der Waals surface area contributed by atoms with Gasteiger partial charge in [0, 0.05) is 25.6 Å². The maximum atomic E-state index is 13.4. The quantitative estimate of drug-likeness (QED) is 0.907. The lowest BCUT2D eigenvalue weighted by Gasteiger charge is -2.38. The van der Waals surface area contributed by atoms with E-state index in [1.165, 1.54) is 12.1 Å². The Morgan fingerprint density at radius 1 is 1.35 bits per heavy atom. The Labute approximate surface area is 135 Å². The van der Waals surface area contributed by atoms with Crippen molar-refractivity contribution in [3.8, 4) is 0 Å². The number of aliphatic hydroxyl groups is 1. The molecular formula is C17H23F2NO3. The fourth-order valence-corrected chi connectivity index (χ4v) is 2.89. The molecule has 1 aliphatic rings. The van der Waals surface area contributed by atoms with Gasteiger partial charge in [-0.3, -0.25) is 0 Å². The van der Waals surface area contributed by atoms with Crippen LogP contribution < -0.4 is 0 Å². The summed E-state index contributed by atoms with van der Waals surface area (Å²) < 4.78 is 31.9. The van der Waals surface area contributed by atoms with Gasteiger partial charge in [-0.1, -0.05) is 6.07 Å². The van der Waals surface area contributed by atoms with Crippen LogP contribution in [0.25, 0.3) is 0 Å². The van der Waals surface area contributed by atoms with Gasteiger partial charge in [0.2, 0.25) is 0 Å². The standard InChI is InChI=1S/C17H23F2NO3/c1-17(2,3)23-16(22)20-7-6-13(12(9-20)10-21)11-4-5-14(18)15(19)8-11/h4-5,8,12-13,21H,6-7,9-10H2,1-3H3. The van der Waals surface area contributed by atoms with Gasteiger partial charge in [-0.05, 0) is 50.8 Å². The maximum Gasteiger partial charge on any atom is 0.410 e. The minimum absolute atomic E-state index is 0.117. The summed E-state index contributed by atoms with van der Waals surface area (Å²) in [5.74, 6) is -2.14. The number of benzene rings is 1. The van der Waals surface area contributed by atoms with Crippen molar-refractivity contribution >= 4 is 6.09 Å². The molecule has 1 fully saturated rings. The summed E-state index contributed by atoms with van der Waals surface area (Å²) in [5, 5.41) is 9.63. The minimum atomic E-state index is -0.895. The third-order valence-electron chi connectivity index (χ3n) is 3.99. The van der Waals surface area contributed by atoms with E-state index in [1.807, 2.05) is 0 Å². The van der Waals surface area contributed by atoms with Crippen LogP contribution in [0.1, 0.15) is 38.7 Å². The average Bonchev–Trinajstić information content (AvgIpc) is 2.47. The molecule has 1 amide bonds. The highest BCUT2D eigenvalue weighted by Crippen LogP contribution is 2.34. The number of likely N-dealkylation sites (tertiary alicyclic amines) is 1. The van der Waals surface area contributed by atoms with E-state index in [0.29, 0.717) is 25.1 Å². The first kappa shape index (κ1) is 17.7. The third-order valence-corrected chi connectivity index (χ3v) is 3.99. The zero-order valence-corrected chi connectivity index (χ0v) is 13.7. The predicted molar refractivity (Wildman–Crippen MR) is 82.1 cm³/mol. The number of halogens is 2. The maximum absolute atomic E-state index is 13.4. The fourth-order valence-electron chi connectivity index (χ4n) is 2.89. The highest BCUT2D eigenvalue weighted by atomic mass is 19.2. The van der Waals surface area contributed by atoms with Crippen molar-refractivity contribution < 1.29 is 23.4 Å². The predicted octanol–water partition coefficient (Wildman–Crippen LogP) is 3.30. The molecule has 1 N–H and O–H groups in total. The topological polar surface area (TPSA) is 49.8 Å². The molecular weight excluding hydrogens is 304 g/mol. The van der Waals surface area contributed by atoms with Gasteiger partial charge in [-0.2, -0.15) is 0 Å². The summed E-state index contributed by atoms with van der Waals surface area (Å²) in [6.07, 6.45) is 0.148. The summed E-state index contributed by atoms with van der Waals surface area (Å²) in [6.45, 7) is 6.03. The number of aliphatic hydroxyl groups excluding tert-OH is 1. The summed E-state index contributed by atoms with van der Waals surface area (Å²) >= 11 is 0. The Bertz CT molecular complexity index is 571. The van der Waals surface area contributed by atoms with Crippen LogP contribution >= 0.6 is 0 Å². The van der Waals surface area contributed by atoms with Crippen molar-refractivity contribution in [2.75, 3.05) is 19.7 Å². The monoisotopic (exact) mass is 327 g/mol. The molecule has 2 rings (SSSR count). The van der Waals surface area contributed by atoms with Crippen LogP contribution in [-0.2, 0) is 4.74 Å². The van der Waals surface area contributed by atoms with Gasteiger partial charge < -0.3 is 14.7 Å². The molecule has 1 aromatic carbocycles. The molecule has 2 unspecified atom stereocenters. The normalized spacial score (nSPS) is 22.1. The van der Waals surface area contributed by atoms with E-state index >= 15 is 0 Å². The lowest BCUT2D eigenvalue weighted by Crippen LogP contribution is -2.46. The van der Waals surface area contributed by atoms with Gasteiger partial charge >= 0.3 is 6.09 Å². The highest BCUT2D eigenvalue weighted by molar-refractivity contribution is 5.68. The average molecular weight is 327 g/mol. The Morgan fingerprint density at radius 3 is 2.61 bits per heavy atom. The summed E-state index contributed by atoms with van der Waals surface area (Å²) in [5.41, 5.74) is 0.0645. The second kappa shape index (κ2) is 6.83. The van der Waals surface area contributed by atoms with Gasteiger partial charge in [0.25, 0.3) is 0 Å². The van der Waals surface area contributed by atoms with E-state index in [1.54, 1.807) is 25.7 Å². The smallest absolute Gasteiger partial charge is 0.410 e. The number of carbonyl (C=O) groups is 1. The molecule has 0 aliphatic carbocycles. The van der Waals surface area contributed by atoms with E-state index < -0.39 is 23.3 Å². The molecule has 0 spiro atoms. The van der Waals surface area contributed by atoms with Crippen LogP contribution in [0, 0.1) is 17.6 Å². The molecule has 128 valence electrons. The minimum Gasteiger partial charge on any atom is -0.444 e. The Morgan fingerprint density at radius 2 is 2.04 bits per heavy atom. The zero-order valence-electron chi connectivity index (χ0n) is 13.7. The van der Waals surface area contributed by atoms with E-state index in [0.717, 1.165) is 6.07 Å². The van der Waals surface area contributed by atoms with Crippen LogP contribution in [0.2, 0.25) is 0 Å². The van der Waals surface area contributed by atoms with Crippen molar-refractivity contribution in [3.63, 3.8) is 0 Å². The first-order chi connectivity index (χ1) is 10.7. The third kappa shape index (κ3) is 4.41. The van der Waals surface area contributed by atoms with Crippen molar-refractivity contribution in [2.45, 2.75) is 38.7 Å². The lowest BCUT2D eigenvalue weighted by atomic mass is 9.81. The molecule has 1 aromatic rings. The van der Waals surface area contributed by atoms with Crippen LogP contribution in [0.5, 0.6) is 0 Å².